The van der Waals surface area contributed by atoms with Gasteiger partial charge in [-0.3, -0.25) is 9.59 Å². The number of hydrogen-bond acceptors (Lipinski definition) is 4. The molecule has 1 fully saturated rings. The molecule has 2 unspecified atom stereocenters. The third kappa shape index (κ3) is 3.60. The van der Waals surface area contributed by atoms with Crippen molar-refractivity contribution in [1.29, 1.82) is 0 Å². The Kier molecular flexibility index (Phi) is 4.23. The van der Waals surface area contributed by atoms with Gasteiger partial charge in [-0.25, -0.2) is 0 Å². The van der Waals surface area contributed by atoms with Crippen molar-refractivity contribution in [3.05, 3.63) is 0 Å². The van der Waals surface area contributed by atoms with Gasteiger partial charge in [-0.15, -0.1) is 0 Å². The topological polar surface area (TPSA) is 83.6 Å². The molecule has 1 saturated heterocycles. The van der Waals surface area contributed by atoms with Crippen LogP contribution in [0, 0.1) is 5.92 Å². The van der Waals surface area contributed by atoms with E-state index in [0.29, 0.717) is 0 Å². The Morgan fingerprint density at radius 1 is 1.60 bits per heavy atom. The molecule has 15 heavy (non-hydrogen) atoms. The van der Waals surface area contributed by atoms with Crippen molar-refractivity contribution in [1.82, 2.24) is 4.90 Å². The first kappa shape index (κ1) is 12.1. The summed E-state index contributed by atoms with van der Waals surface area (Å²) in [5.74, 6) is -1.15. The van der Waals surface area contributed by atoms with Crippen LogP contribution in [-0.4, -0.2) is 47.9 Å². The molecule has 0 aliphatic carbocycles. The molecule has 5 nitrogen and oxygen atoms in total. The second-order valence-corrected chi connectivity index (χ2v) is 4.22. The number of rotatable bonds is 4. The number of nitrogens with two attached hydrogens (primary N) is 1. The Morgan fingerprint density at radius 3 is 2.80 bits per heavy atom. The number of aliphatic carboxylic acids is 1. The van der Waals surface area contributed by atoms with Gasteiger partial charge in [-0.05, 0) is 26.4 Å². The summed E-state index contributed by atoms with van der Waals surface area (Å²) in [6, 6.07) is -1.05. The maximum absolute atomic E-state index is 11.7. The second kappa shape index (κ2) is 5.23. The maximum Gasteiger partial charge on any atom is 0.320 e. The molecule has 0 aromatic carbocycles. The minimum Gasteiger partial charge on any atom is -0.480 e. The molecular weight excluding hydrogens is 196 g/mol. The van der Waals surface area contributed by atoms with Gasteiger partial charge < -0.3 is 15.7 Å². The lowest BCUT2D eigenvalue weighted by Gasteiger charge is -2.28. The molecule has 0 bridgehead atoms. The summed E-state index contributed by atoms with van der Waals surface area (Å²) in [5, 5.41) is 8.59. The van der Waals surface area contributed by atoms with E-state index in [1.54, 1.807) is 0 Å². The highest BCUT2D eigenvalue weighted by Gasteiger charge is 2.26. The first-order valence-electron chi connectivity index (χ1n) is 5.20. The van der Waals surface area contributed by atoms with Gasteiger partial charge in [0.2, 0.25) is 0 Å². The molecule has 86 valence electrons. The third-order valence-corrected chi connectivity index (χ3v) is 2.82. The highest BCUT2D eigenvalue weighted by atomic mass is 16.4. The number of nitrogens with zero attached hydrogens (tertiary/aromatic N) is 1. The van der Waals surface area contributed by atoms with Crippen LogP contribution in [-0.2, 0) is 9.59 Å². The lowest BCUT2D eigenvalue weighted by atomic mass is 9.91. The van der Waals surface area contributed by atoms with Gasteiger partial charge >= 0.3 is 5.97 Å². The van der Waals surface area contributed by atoms with Gasteiger partial charge in [0.1, 0.15) is 11.8 Å². The summed E-state index contributed by atoms with van der Waals surface area (Å²) in [6.07, 6.45) is 1.80. The van der Waals surface area contributed by atoms with Crippen molar-refractivity contribution in [3.63, 3.8) is 0 Å². The number of piperidine rings is 1. The van der Waals surface area contributed by atoms with Gasteiger partial charge in [0.15, 0.2) is 0 Å². The quantitative estimate of drug-likeness (QED) is 0.671. The van der Waals surface area contributed by atoms with Gasteiger partial charge in [0.05, 0.1) is 0 Å². The normalized spacial score (nSPS) is 24.8. The zero-order chi connectivity index (χ0) is 11.4. The number of Topliss-reactive ketones (excluding diaryl/α,β-unsaturated/α-hetero) is 1. The van der Waals surface area contributed by atoms with Crippen molar-refractivity contribution in [2.45, 2.75) is 25.3 Å². The van der Waals surface area contributed by atoms with Crippen molar-refractivity contribution >= 4 is 11.8 Å². The summed E-state index contributed by atoms with van der Waals surface area (Å²) >= 11 is 0. The van der Waals surface area contributed by atoms with Crippen LogP contribution >= 0.6 is 0 Å². The zero-order valence-corrected chi connectivity index (χ0v) is 8.98. The number of ketones is 1. The first-order chi connectivity index (χ1) is 7.00. The van der Waals surface area contributed by atoms with E-state index in [1.165, 1.54) is 0 Å². The number of carbonyl (C=O) groups is 2. The summed E-state index contributed by atoms with van der Waals surface area (Å²) in [5.41, 5.74) is 5.32. The summed E-state index contributed by atoms with van der Waals surface area (Å²) in [4.78, 5) is 24.3. The molecule has 0 amide bonds. The van der Waals surface area contributed by atoms with E-state index in [-0.39, 0.29) is 18.1 Å². The molecule has 0 spiro atoms. The first-order valence-corrected chi connectivity index (χ1v) is 5.20. The van der Waals surface area contributed by atoms with Gasteiger partial charge in [-0.2, -0.15) is 0 Å². The van der Waals surface area contributed by atoms with Crippen LogP contribution < -0.4 is 5.73 Å². The Labute approximate surface area is 89.2 Å². The maximum atomic E-state index is 11.7. The molecule has 1 aliphatic heterocycles. The number of carbonyl (C=O) groups excluding carboxylic acids is 1. The van der Waals surface area contributed by atoms with Crippen LogP contribution in [0.2, 0.25) is 0 Å². The molecule has 0 aromatic rings. The van der Waals surface area contributed by atoms with Gasteiger partial charge in [-0.1, -0.05) is 0 Å². The standard InChI is InChI=1S/C10H18N2O3/c1-12-4-2-3-7(6-12)9(13)5-8(11)10(14)15/h7-8H,2-6,11H2,1H3,(H,14,15). The smallest absolute Gasteiger partial charge is 0.320 e. The summed E-state index contributed by atoms with van der Waals surface area (Å²) in [7, 11) is 1.97. The zero-order valence-electron chi connectivity index (χ0n) is 8.98. The lowest BCUT2D eigenvalue weighted by Crippen LogP contribution is -2.40. The van der Waals surface area contributed by atoms with Crippen LogP contribution in [0.1, 0.15) is 19.3 Å². The number of carboxylic acids is 1. The molecular formula is C10H18N2O3. The lowest BCUT2D eigenvalue weighted by molar-refractivity contribution is -0.140. The van der Waals surface area contributed by atoms with Crippen molar-refractivity contribution in [2.24, 2.45) is 11.7 Å². The van der Waals surface area contributed by atoms with Crippen LogP contribution in [0.5, 0.6) is 0 Å². The predicted molar refractivity (Wildman–Crippen MR) is 55.5 cm³/mol. The van der Waals surface area contributed by atoms with Crippen LogP contribution in [0.15, 0.2) is 0 Å². The Bertz CT molecular complexity index is 255. The molecule has 2 atom stereocenters. The average molecular weight is 214 g/mol. The number of hydrogen-bond donors (Lipinski definition) is 2. The monoisotopic (exact) mass is 214 g/mol. The van der Waals surface area contributed by atoms with Crippen molar-refractivity contribution in [2.75, 3.05) is 20.1 Å². The highest BCUT2D eigenvalue weighted by Crippen LogP contribution is 2.17. The Hall–Kier alpha value is -0.940. The minimum absolute atomic E-state index is 0.0172. The van der Waals surface area contributed by atoms with Crippen molar-refractivity contribution in [3.8, 4) is 0 Å². The SMILES string of the molecule is CN1CCCC(C(=O)CC(N)C(=O)O)C1. The van der Waals surface area contributed by atoms with Crippen LogP contribution in [0.3, 0.4) is 0 Å². The van der Waals surface area contributed by atoms with E-state index in [2.05, 4.69) is 4.90 Å². The Morgan fingerprint density at radius 2 is 2.27 bits per heavy atom. The van der Waals surface area contributed by atoms with E-state index in [1.807, 2.05) is 7.05 Å². The van der Waals surface area contributed by atoms with E-state index in [9.17, 15) is 9.59 Å². The predicted octanol–water partition coefficient (Wildman–Crippen LogP) is -0.301. The van der Waals surface area contributed by atoms with Gasteiger partial charge in [0, 0.05) is 18.9 Å². The van der Waals surface area contributed by atoms with Crippen molar-refractivity contribution < 1.29 is 14.7 Å². The summed E-state index contributed by atoms with van der Waals surface area (Å²) < 4.78 is 0. The molecule has 3 N–H and O–H groups in total. The van der Waals surface area contributed by atoms with Crippen LogP contribution in [0.4, 0.5) is 0 Å². The largest absolute Gasteiger partial charge is 0.480 e. The fourth-order valence-corrected chi connectivity index (χ4v) is 1.90. The van der Waals surface area contributed by atoms with Crippen LogP contribution in [0.25, 0.3) is 0 Å². The number of likely N-dealkylation sites (tertiary alicyclic amines) is 1. The molecule has 1 heterocycles. The third-order valence-electron chi connectivity index (χ3n) is 2.82. The van der Waals surface area contributed by atoms with E-state index in [4.69, 9.17) is 10.8 Å². The molecule has 1 rings (SSSR count). The van der Waals surface area contributed by atoms with E-state index < -0.39 is 12.0 Å². The second-order valence-electron chi connectivity index (χ2n) is 4.22. The minimum atomic E-state index is -1.10. The molecule has 1 aliphatic rings. The fourth-order valence-electron chi connectivity index (χ4n) is 1.90. The molecule has 5 heteroatoms. The average Bonchev–Trinajstić information content (AvgIpc) is 2.17. The number of carboxylic acid groups (broad SMARTS) is 1. The molecule has 0 aromatic heterocycles. The van der Waals surface area contributed by atoms with E-state index >= 15 is 0 Å². The van der Waals surface area contributed by atoms with E-state index in [0.717, 1.165) is 25.9 Å². The highest BCUT2D eigenvalue weighted by molar-refractivity contribution is 5.87. The van der Waals surface area contributed by atoms with Gasteiger partial charge in [0.25, 0.3) is 0 Å². The summed E-state index contributed by atoms with van der Waals surface area (Å²) in [6.45, 7) is 1.74. The molecule has 0 radical (unpaired) electrons. The molecule has 0 saturated carbocycles. The Balaban J connectivity index is 2.42. The fraction of sp³-hybridized carbons (Fsp3) is 0.800.